The van der Waals surface area contributed by atoms with Gasteiger partial charge in [0.05, 0.1) is 16.3 Å². The van der Waals surface area contributed by atoms with Crippen molar-refractivity contribution in [3.63, 3.8) is 0 Å². The molecule has 3 aromatic rings. The summed E-state index contributed by atoms with van der Waals surface area (Å²) in [7, 11) is 0. The number of nitrogens with zero attached hydrogens (tertiary/aromatic N) is 5. The van der Waals surface area contributed by atoms with Gasteiger partial charge < -0.3 is 4.90 Å². The average Bonchev–Trinajstić information content (AvgIpc) is 3.16. The number of alkyl halides is 3. The van der Waals surface area contributed by atoms with Gasteiger partial charge in [0.25, 0.3) is 0 Å². The van der Waals surface area contributed by atoms with Gasteiger partial charge in [0.15, 0.2) is 5.82 Å². The number of piperidine rings is 1. The van der Waals surface area contributed by atoms with Gasteiger partial charge >= 0.3 is 11.9 Å². The van der Waals surface area contributed by atoms with E-state index < -0.39 is 17.4 Å². The van der Waals surface area contributed by atoms with Crippen LogP contribution in [0.2, 0.25) is 5.02 Å². The van der Waals surface area contributed by atoms with Crippen LogP contribution in [-0.4, -0.2) is 43.2 Å². The first-order chi connectivity index (χ1) is 16.3. The predicted octanol–water partition coefficient (Wildman–Crippen LogP) is 4.81. The number of amides is 1. The van der Waals surface area contributed by atoms with Crippen molar-refractivity contribution in [1.29, 1.82) is 0 Å². The number of rotatable bonds is 4. The number of carbonyl (C=O) groups is 1. The maximum absolute atomic E-state index is 13.2. The number of halogens is 4. The minimum atomic E-state index is -4.51. The molecule has 7 nitrogen and oxygen atoms in total. The van der Waals surface area contributed by atoms with Crippen LogP contribution in [0.1, 0.15) is 38.7 Å². The second kappa shape index (κ2) is 10.9. The Labute approximate surface area is 199 Å². The van der Waals surface area contributed by atoms with E-state index in [0.717, 1.165) is 40.6 Å². The molecule has 3 heterocycles. The molecule has 0 aliphatic carbocycles. The number of likely N-dealkylation sites (tertiary alicyclic amines) is 1. The van der Waals surface area contributed by atoms with E-state index in [-0.39, 0.29) is 29.0 Å². The molecule has 1 fully saturated rings. The molecule has 34 heavy (non-hydrogen) atoms. The first kappa shape index (κ1) is 25.5. The normalized spacial score (nSPS) is 13.9. The van der Waals surface area contributed by atoms with Crippen molar-refractivity contribution in [2.45, 2.75) is 45.8 Å². The van der Waals surface area contributed by atoms with Crippen LogP contribution in [0.15, 0.2) is 47.5 Å². The van der Waals surface area contributed by atoms with Crippen molar-refractivity contribution < 1.29 is 18.0 Å². The van der Waals surface area contributed by atoms with Crippen molar-refractivity contribution in [3.05, 3.63) is 63.8 Å². The van der Waals surface area contributed by atoms with Crippen molar-refractivity contribution in [2.24, 2.45) is 0 Å². The molecule has 1 aromatic carbocycles. The molecule has 0 N–H and O–H groups in total. The minimum Gasteiger partial charge on any atom is -0.341 e. The lowest BCUT2D eigenvalue weighted by Crippen LogP contribution is -2.40. The van der Waals surface area contributed by atoms with Crippen LogP contribution in [-0.2, 0) is 17.5 Å². The van der Waals surface area contributed by atoms with Crippen molar-refractivity contribution >= 4 is 17.5 Å². The maximum atomic E-state index is 13.2. The molecule has 0 atom stereocenters. The molecule has 0 radical (unpaired) electrons. The summed E-state index contributed by atoms with van der Waals surface area (Å²) in [6.07, 6.45) is 1.18. The zero-order valence-electron chi connectivity index (χ0n) is 18.8. The Hall–Kier alpha value is -3.14. The van der Waals surface area contributed by atoms with Crippen molar-refractivity contribution in [3.8, 4) is 17.1 Å². The molecular weight excluding hydrogens is 471 g/mol. The summed E-state index contributed by atoms with van der Waals surface area (Å²) < 4.78 is 41.1. The van der Waals surface area contributed by atoms with Gasteiger partial charge in [-0.2, -0.15) is 13.2 Å². The Morgan fingerprint density at radius 1 is 1.06 bits per heavy atom. The Balaban J connectivity index is 0.00000158. The molecule has 0 saturated carbocycles. The van der Waals surface area contributed by atoms with Crippen LogP contribution >= 0.6 is 11.6 Å². The third kappa shape index (κ3) is 5.49. The second-order valence-corrected chi connectivity index (χ2v) is 7.85. The SMILES string of the molecule is CC.O=C(Cn1nc(-c2ccncc2Cl)n(-c2ccc(C(F)(F)F)cc2)c1=O)N1CCCCC1. The van der Waals surface area contributed by atoms with Crippen molar-refractivity contribution in [2.75, 3.05) is 13.1 Å². The van der Waals surface area contributed by atoms with Crippen LogP contribution in [0.5, 0.6) is 0 Å². The molecule has 0 unspecified atom stereocenters. The third-order valence-corrected chi connectivity index (χ3v) is 5.60. The lowest BCUT2D eigenvalue weighted by Gasteiger charge is -2.26. The van der Waals surface area contributed by atoms with E-state index in [9.17, 15) is 22.8 Å². The van der Waals surface area contributed by atoms with Gasteiger partial charge in [-0.05, 0) is 49.6 Å². The molecule has 182 valence electrons. The van der Waals surface area contributed by atoms with Crippen LogP contribution in [0.3, 0.4) is 0 Å². The maximum Gasteiger partial charge on any atom is 0.416 e. The highest BCUT2D eigenvalue weighted by molar-refractivity contribution is 6.33. The summed E-state index contributed by atoms with van der Waals surface area (Å²) in [6.45, 7) is 4.97. The van der Waals surface area contributed by atoms with Gasteiger partial charge in [-0.15, -0.1) is 5.10 Å². The number of aromatic nitrogens is 4. The summed E-state index contributed by atoms with van der Waals surface area (Å²) in [4.78, 5) is 31.5. The Morgan fingerprint density at radius 2 is 1.71 bits per heavy atom. The zero-order valence-corrected chi connectivity index (χ0v) is 19.6. The topological polar surface area (TPSA) is 73.0 Å². The number of hydrogen-bond acceptors (Lipinski definition) is 4. The fourth-order valence-corrected chi connectivity index (χ4v) is 3.85. The minimum absolute atomic E-state index is 0.105. The smallest absolute Gasteiger partial charge is 0.341 e. The van der Waals surface area contributed by atoms with E-state index in [1.807, 2.05) is 13.8 Å². The van der Waals surface area contributed by atoms with E-state index in [1.54, 1.807) is 11.0 Å². The van der Waals surface area contributed by atoms with E-state index in [1.165, 1.54) is 24.5 Å². The largest absolute Gasteiger partial charge is 0.416 e. The predicted molar refractivity (Wildman–Crippen MR) is 123 cm³/mol. The Bertz CT molecular complexity index is 1180. The van der Waals surface area contributed by atoms with Gasteiger partial charge in [0.2, 0.25) is 5.91 Å². The Morgan fingerprint density at radius 3 is 2.29 bits per heavy atom. The number of carbonyl (C=O) groups excluding carboxylic acids is 1. The van der Waals surface area contributed by atoms with E-state index in [0.29, 0.717) is 18.7 Å². The summed E-state index contributed by atoms with van der Waals surface area (Å²) in [5, 5.41) is 4.52. The number of hydrogen-bond donors (Lipinski definition) is 0. The second-order valence-electron chi connectivity index (χ2n) is 7.44. The molecule has 1 saturated heterocycles. The third-order valence-electron chi connectivity index (χ3n) is 5.30. The highest BCUT2D eigenvalue weighted by Crippen LogP contribution is 2.31. The number of pyridine rings is 1. The molecule has 0 bridgehead atoms. The molecule has 0 spiro atoms. The highest BCUT2D eigenvalue weighted by atomic mass is 35.5. The quantitative estimate of drug-likeness (QED) is 0.521. The highest BCUT2D eigenvalue weighted by Gasteiger charge is 2.30. The van der Waals surface area contributed by atoms with Gasteiger partial charge in [0, 0.05) is 31.0 Å². The van der Waals surface area contributed by atoms with E-state index in [4.69, 9.17) is 11.6 Å². The fraction of sp³-hybridized carbons (Fsp3) is 0.391. The lowest BCUT2D eigenvalue weighted by molar-refractivity contribution is -0.137. The summed E-state index contributed by atoms with van der Waals surface area (Å²) in [5.74, 6) is -0.134. The van der Waals surface area contributed by atoms with Crippen LogP contribution in [0, 0.1) is 0 Å². The van der Waals surface area contributed by atoms with Gasteiger partial charge in [-0.1, -0.05) is 25.4 Å². The standard InChI is InChI=1S/C21H19ClF3N5O2.C2H6/c22-17-12-26-9-8-16(17)19-27-29(13-18(31)28-10-2-1-3-11-28)20(32)30(19)15-6-4-14(5-7-15)21(23,24)25;1-2/h4-9,12H,1-3,10-11,13H2;1-2H3. The molecule has 1 aliphatic rings. The monoisotopic (exact) mass is 495 g/mol. The Kier molecular flexibility index (Phi) is 8.14. The zero-order chi connectivity index (χ0) is 24.9. The van der Waals surface area contributed by atoms with Gasteiger partial charge in [-0.3, -0.25) is 9.78 Å². The van der Waals surface area contributed by atoms with Crippen LogP contribution in [0.25, 0.3) is 17.1 Å². The first-order valence-electron chi connectivity index (χ1n) is 11.0. The van der Waals surface area contributed by atoms with Gasteiger partial charge in [-0.25, -0.2) is 14.0 Å². The lowest BCUT2D eigenvalue weighted by atomic mass is 10.1. The molecular formula is C23H25ClF3N5O2. The van der Waals surface area contributed by atoms with Crippen molar-refractivity contribution in [1.82, 2.24) is 24.2 Å². The average molecular weight is 496 g/mol. The molecule has 1 amide bonds. The first-order valence-corrected chi connectivity index (χ1v) is 11.4. The fourth-order valence-electron chi connectivity index (χ4n) is 3.65. The summed E-state index contributed by atoms with van der Waals surface area (Å²) in [5.41, 5.74) is -0.964. The summed E-state index contributed by atoms with van der Waals surface area (Å²) in [6, 6.07) is 5.68. The molecule has 2 aromatic heterocycles. The van der Waals surface area contributed by atoms with E-state index in [2.05, 4.69) is 10.1 Å². The van der Waals surface area contributed by atoms with Crippen LogP contribution < -0.4 is 5.69 Å². The summed E-state index contributed by atoms with van der Waals surface area (Å²) >= 11 is 6.24. The van der Waals surface area contributed by atoms with Gasteiger partial charge in [0.1, 0.15) is 6.54 Å². The molecule has 4 rings (SSSR count). The molecule has 11 heteroatoms. The van der Waals surface area contributed by atoms with Crippen LogP contribution in [0.4, 0.5) is 13.2 Å². The molecule has 1 aliphatic heterocycles. The number of benzene rings is 1. The van der Waals surface area contributed by atoms with E-state index >= 15 is 0 Å².